The van der Waals surface area contributed by atoms with Crippen LogP contribution in [0.3, 0.4) is 0 Å². The number of carbonyl (C=O) groups excluding carboxylic acids is 1. The number of urea groups is 1. The van der Waals surface area contributed by atoms with Crippen molar-refractivity contribution >= 4 is 6.03 Å². The molecule has 2 aliphatic rings. The van der Waals surface area contributed by atoms with Gasteiger partial charge in [0.2, 0.25) is 0 Å². The van der Waals surface area contributed by atoms with Gasteiger partial charge in [-0.25, -0.2) is 9.48 Å². The summed E-state index contributed by atoms with van der Waals surface area (Å²) in [6.45, 7) is 5.73. The summed E-state index contributed by atoms with van der Waals surface area (Å²) in [7, 11) is 0. The highest BCUT2D eigenvalue weighted by Crippen LogP contribution is 2.24. The molecule has 0 aliphatic carbocycles. The quantitative estimate of drug-likeness (QED) is 0.919. The van der Waals surface area contributed by atoms with Crippen LogP contribution < -0.4 is 5.32 Å². The molecule has 2 fully saturated rings. The molecule has 0 spiro atoms. The monoisotopic (exact) mass is 353 g/mol. The summed E-state index contributed by atoms with van der Waals surface area (Å²) in [5.74, 6) is 0. The number of hydrogen-bond acceptors (Lipinski definition) is 3. The first-order valence-electron chi connectivity index (χ1n) is 9.58. The zero-order valence-corrected chi connectivity index (χ0v) is 15.3. The lowest BCUT2D eigenvalue weighted by molar-refractivity contribution is 0.0169. The fraction of sp³-hybridized carbons (Fsp3) is 0.500. The zero-order valence-electron chi connectivity index (χ0n) is 15.3. The average molecular weight is 353 g/mol. The molecule has 1 atom stereocenters. The number of benzene rings is 1. The normalized spacial score (nSPS) is 21.4. The molecule has 2 aromatic rings. The molecule has 3 heterocycles. The van der Waals surface area contributed by atoms with Gasteiger partial charge in [0.05, 0.1) is 5.69 Å². The molecule has 6 heteroatoms. The van der Waals surface area contributed by atoms with Crippen LogP contribution in [0.1, 0.15) is 31.7 Å². The van der Waals surface area contributed by atoms with E-state index >= 15 is 0 Å². The second-order valence-electron chi connectivity index (χ2n) is 7.42. The highest BCUT2D eigenvalue weighted by molar-refractivity contribution is 5.75. The Morgan fingerprint density at radius 3 is 2.92 bits per heavy atom. The second-order valence-corrected chi connectivity index (χ2v) is 7.42. The van der Waals surface area contributed by atoms with E-state index in [9.17, 15) is 4.79 Å². The topological polar surface area (TPSA) is 53.4 Å². The molecule has 0 saturated carbocycles. The van der Waals surface area contributed by atoms with Crippen LogP contribution in [0.4, 0.5) is 4.79 Å². The Morgan fingerprint density at radius 1 is 1.27 bits per heavy atom. The van der Waals surface area contributed by atoms with Gasteiger partial charge in [-0.15, -0.1) is 0 Å². The van der Waals surface area contributed by atoms with Gasteiger partial charge in [0.15, 0.2) is 0 Å². The summed E-state index contributed by atoms with van der Waals surface area (Å²) in [6.07, 6.45) is 7.60. The van der Waals surface area contributed by atoms with Gasteiger partial charge in [-0.1, -0.05) is 18.6 Å². The molecule has 0 bridgehead atoms. The SMILES string of the molecule is C[C@H]1CCCCN1C1CN(C(=O)NCc2cccc(-n3cccn3)c2)C1. The standard InChI is InChI=1S/C20H27N5O/c1-16-6-2-3-10-24(16)19-14-23(15-19)20(26)21-13-17-7-4-8-18(12-17)25-11-5-9-22-25/h4-5,7-9,11-12,16,19H,2-3,6,10,13-15H2,1H3,(H,21,26)/t16-/m0/s1. The van der Waals surface area contributed by atoms with Crippen molar-refractivity contribution in [2.24, 2.45) is 0 Å². The number of amides is 2. The predicted octanol–water partition coefficient (Wildman–Crippen LogP) is 2.64. The van der Waals surface area contributed by atoms with Crippen LogP contribution in [-0.2, 0) is 6.54 Å². The minimum Gasteiger partial charge on any atom is -0.334 e. The van der Waals surface area contributed by atoms with Crippen LogP contribution in [0.25, 0.3) is 5.69 Å². The molecular weight excluding hydrogens is 326 g/mol. The minimum absolute atomic E-state index is 0.0374. The van der Waals surface area contributed by atoms with Crippen molar-refractivity contribution in [1.29, 1.82) is 0 Å². The highest BCUT2D eigenvalue weighted by atomic mass is 16.2. The number of likely N-dealkylation sites (tertiary alicyclic amines) is 2. The van der Waals surface area contributed by atoms with E-state index in [1.54, 1.807) is 6.20 Å². The lowest BCUT2D eigenvalue weighted by atomic mass is 9.98. The number of aromatic nitrogens is 2. The number of nitrogens with one attached hydrogen (secondary N) is 1. The van der Waals surface area contributed by atoms with Crippen LogP contribution in [0.5, 0.6) is 0 Å². The van der Waals surface area contributed by atoms with Gasteiger partial charge < -0.3 is 10.2 Å². The van der Waals surface area contributed by atoms with Crippen molar-refractivity contribution in [3.8, 4) is 5.69 Å². The molecule has 0 radical (unpaired) electrons. The molecule has 1 aromatic carbocycles. The number of nitrogens with zero attached hydrogens (tertiary/aromatic N) is 4. The highest BCUT2D eigenvalue weighted by Gasteiger charge is 2.37. The second kappa shape index (κ2) is 7.50. The molecule has 2 amide bonds. The van der Waals surface area contributed by atoms with E-state index in [-0.39, 0.29) is 6.03 Å². The van der Waals surface area contributed by atoms with Gasteiger partial charge in [-0.05, 0) is 50.1 Å². The third-order valence-electron chi connectivity index (χ3n) is 5.60. The third kappa shape index (κ3) is 3.60. The summed E-state index contributed by atoms with van der Waals surface area (Å²) in [4.78, 5) is 16.9. The first kappa shape index (κ1) is 17.1. The number of rotatable bonds is 4. The van der Waals surface area contributed by atoms with Gasteiger partial charge in [-0.3, -0.25) is 4.90 Å². The minimum atomic E-state index is 0.0374. The van der Waals surface area contributed by atoms with E-state index in [4.69, 9.17) is 0 Å². The van der Waals surface area contributed by atoms with Crippen LogP contribution in [0.2, 0.25) is 0 Å². The van der Waals surface area contributed by atoms with Crippen LogP contribution in [0, 0.1) is 0 Å². The summed E-state index contributed by atoms with van der Waals surface area (Å²) < 4.78 is 1.82. The molecule has 0 unspecified atom stereocenters. The molecule has 4 rings (SSSR count). The molecule has 26 heavy (non-hydrogen) atoms. The van der Waals surface area contributed by atoms with Gasteiger partial charge in [0.1, 0.15) is 0 Å². The number of carbonyl (C=O) groups is 1. The van der Waals surface area contributed by atoms with Crippen molar-refractivity contribution < 1.29 is 4.79 Å². The van der Waals surface area contributed by atoms with E-state index in [0.717, 1.165) is 24.3 Å². The molecule has 1 N–H and O–H groups in total. The van der Waals surface area contributed by atoms with Crippen LogP contribution in [0.15, 0.2) is 42.7 Å². The third-order valence-corrected chi connectivity index (χ3v) is 5.60. The predicted molar refractivity (Wildman–Crippen MR) is 101 cm³/mol. The zero-order chi connectivity index (χ0) is 17.9. The molecule has 2 aliphatic heterocycles. The number of hydrogen-bond donors (Lipinski definition) is 1. The summed E-state index contributed by atoms with van der Waals surface area (Å²) >= 11 is 0. The van der Waals surface area contributed by atoms with E-state index in [1.165, 1.54) is 25.8 Å². The Balaban J connectivity index is 1.27. The maximum absolute atomic E-state index is 12.4. The van der Waals surface area contributed by atoms with E-state index in [0.29, 0.717) is 18.6 Å². The fourth-order valence-corrected chi connectivity index (χ4v) is 4.01. The van der Waals surface area contributed by atoms with Crippen molar-refractivity contribution in [2.45, 2.75) is 44.8 Å². The first-order chi connectivity index (χ1) is 12.7. The largest absolute Gasteiger partial charge is 0.334 e. The van der Waals surface area contributed by atoms with Crippen molar-refractivity contribution in [1.82, 2.24) is 24.9 Å². The molecule has 1 aromatic heterocycles. The molecular formula is C20H27N5O. The smallest absolute Gasteiger partial charge is 0.317 e. The first-order valence-corrected chi connectivity index (χ1v) is 9.58. The van der Waals surface area contributed by atoms with Crippen LogP contribution >= 0.6 is 0 Å². The van der Waals surface area contributed by atoms with Crippen molar-refractivity contribution in [2.75, 3.05) is 19.6 Å². The Hall–Kier alpha value is -2.34. The van der Waals surface area contributed by atoms with Crippen molar-refractivity contribution in [3.05, 3.63) is 48.3 Å². The van der Waals surface area contributed by atoms with E-state index in [2.05, 4.69) is 28.3 Å². The Bertz CT molecular complexity index is 738. The summed E-state index contributed by atoms with van der Waals surface area (Å²) in [5.41, 5.74) is 2.08. The summed E-state index contributed by atoms with van der Waals surface area (Å²) in [5, 5.41) is 7.30. The maximum Gasteiger partial charge on any atom is 0.317 e. The van der Waals surface area contributed by atoms with Gasteiger partial charge in [0, 0.05) is 44.1 Å². The average Bonchev–Trinajstić information content (AvgIpc) is 3.15. The van der Waals surface area contributed by atoms with Gasteiger partial charge >= 0.3 is 6.03 Å². The Kier molecular flexibility index (Phi) is 4.93. The molecule has 2 saturated heterocycles. The summed E-state index contributed by atoms with van der Waals surface area (Å²) in [6, 6.07) is 11.2. The van der Waals surface area contributed by atoms with E-state index < -0.39 is 0 Å². The maximum atomic E-state index is 12.4. The fourth-order valence-electron chi connectivity index (χ4n) is 4.01. The number of piperidine rings is 1. The lowest BCUT2D eigenvalue weighted by Crippen LogP contribution is -2.64. The lowest BCUT2D eigenvalue weighted by Gasteiger charge is -2.49. The van der Waals surface area contributed by atoms with Gasteiger partial charge in [0.25, 0.3) is 0 Å². The van der Waals surface area contributed by atoms with Gasteiger partial charge in [-0.2, -0.15) is 5.10 Å². The van der Waals surface area contributed by atoms with E-state index in [1.807, 2.05) is 40.0 Å². The van der Waals surface area contributed by atoms with Crippen molar-refractivity contribution in [3.63, 3.8) is 0 Å². The van der Waals surface area contributed by atoms with Crippen LogP contribution in [-0.4, -0.2) is 57.3 Å². The molecule has 6 nitrogen and oxygen atoms in total. The molecule has 138 valence electrons. The Morgan fingerprint density at radius 2 is 2.15 bits per heavy atom. The Labute approximate surface area is 154 Å².